The third-order valence-corrected chi connectivity index (χ3v) is 3.39. The van der Waals surface area contributed by atoms with Crippen molar-refractivity contribution in [1.82, 2.24) is 0 Å². The van der Waals surface area contributed by atoms with Gasteiger partial charge in [-0.1, -0.05) is 35.3 Å². The molecule has 2 aromatic carbocycles. The molecular weight excluding hydrogens is 331 g/mol. The number of hydrazone groups is 1. The van der Waals surface area contributed by atoms with Gasteiger partial charge < -0.3 is 15.3 Å². The van der Waals surface area contributed by atoms with Crippen molar-refractivity contribution in [3.63, 3.8) is 0 Å². The SMILES string of the molecule is O=C(O)c1ccccc1NN=Cc1cc(Cl)c(O)c(Cl)c1O. The van der Waals surface area contributed by atoms with E-state index in [1.165, 1.54) is 24.4 Å². The molecule has 0 saturated heterocycles. The fraction of sp³-hybridized carbons (Fsp3) is 0. The van der Waals surface area contributed by atoms with Crippen LogP contribution in [0.15, 0.2) is 35.4 Å². The molecule has 114 valence electrons. The Bertz CT molecular complexity index is 763. The lowest BCUT2D eigenvalue weighted by Crippen LogP contribution is -2.02. The van der Waals surface area contributed by atoms with Crippen LogP contribution in [-0.4, -0.2) is 27.5 Å². The zero-order valence-electron chi connectivity index (χ0n) is 10.9. The Kier molecular flexibility index (Phi) is 4.75. The number of anilines is 1. The summed E-state index contributed by atoms with van der Waals surface area (Å²) in [5, 5.41) is 31.8. The average molecular weight is 341 g/mol. The van der Waals surface area contributed by atoms with Gasteiger partial charge in [-0.05, 0) is 18.2 Å². The number of benzene rings is 2. The predicted octanol–water partition coefficient (Wildman–Crippen LogP) is 3.55. The standard InChI is InChI=1S/C14H10Cl2N2O4/c15-9-5-7(12(19)11(16)13(9)20)6-17-18-10-4-2-1-3-8(10)14(21)22/h1-6,18-20H,(H,21,22). The number of aromatic hydroxyl groups is 2. The van der Waals surface area contributed by atoms with Gasteiger partial charge >= 0.3 is 5.97 Å². The molecule has 4 N–H and O–H groups in total. The molecule has 2 rings (SSSR count). The molecule has 0 unspecified atom stereocenters. The van der Waals surface area contributed by atoms with E-state index in [2.05, 4.69) is 10.5 Å². The number of nitrogens with one attached hydrogen (secondary N) is 1. The number of rotatable bonds is 4. The van der Waals surface area contributed by atoms with Crippen LogP contribution in [0.3, 0.4) is 0 Å². The number of nitrogens with zero attached hydrogens (tertiary/aromatic N) is 1. The minimum atomic E-state index is -1.10. The molecule has 2 aromatic rings. The van der Waals surface area contributed by atoms with Crippen LogP contribution in [0, 0.1) is 0 Å². The third kappa shape index (κ3) is 3.24. The summed E-state index contributed by atoms with van der Waals surface area (Å²) in [6, 6.07) is 7.47. The normalized spacial score (nSPS) is 10.8. The molecule has 6 nitrogen and oxygen atoms in total. The Morgan fingerprint density at radius 3 is 2.55 bits per heavy atom. The molecule has 0 aliphatic rings. The second-order valence-electron chi connectivity index (χ2n) is 4.18. The summed E-state index contributed by atoms with van der Waals surface area (Å²) in [6.45, 7) is 0. The Hall–Kier alpha value is -2.44. The zero-order valence-corrected chi connectivity index (χ0v) is 12.4. The first-order valence-electron chi connectivity index (χ1n) is 5.93. The second kappa shape index (κ2) is 6.55. The lowest BCUT2D eigenvalue weighted by atomic mass is 10.2. The summed E-state index contributed by atoms with van der Waals surface area (Å²) < 4.78 is 0. The van der Waals surface area contributed by atoms with Gasteiger partial charge in [0, 0.05) is 5.56 Å². The van der Waals surface area contributed by atoms with E-state index in [0.717, 1.165) is 0 Å². The van der Waals surface area contributed by atoms with Crippen molar-refractivity contribution in [1.29, 1.82) is 0 Å². The van der Waals surface area contributed by atoms with Gasteiger partial charge in [-0.25, -0.2) is 4.79 Å². The maximum absolute atomic E-state index is 11.0. The fourth-order valence-corrected chi connectivity index (χ4v) is 2.13. The quantitative estimate of drug-likeness (QED) is 0.503. The van der Waals surface area contributed by atoms with E-state index < -0.39 is 11.7 Å². The molecule has 0 saturated carbocycles. The first-order chi connectivity index (χ1) is 10.4. The Labute approximate surface area is 135 Å². The van der Waals surface area contributed by atoms with Crippen molar-refractivity contribution in [2.45, 2.75) is 0 Å². The van der Waals surface area contributed by atoms with Gasteiger partial charge in [-0.2, -0.15) is 5.10 Å². The minimum Gasteiger partial charge on any atom is -0.506 e. The summed E-state index contributed by atoms with van der Waals surface area (Å²) in [4.78, 5) is 11.0. The number of carboxylic acids is 1. The highest BCUT2D eigenvalue weighted by Crippen LogP contribution is 2.40. The Morgan fingerprint density at radius 2 is 1.86 bits per heavy atom. The van der Waals surface area contributed by atoms with Crippen molar-refractivity contribution in [2.24, 2.45) is 5.10 Å². The van der Waals surface area contributed by atoms with Gasteiger partial charge in [0.25, 0.3) is 0 Å². The monoisotopic (exact) mass is 340 g/mol. The zero-order chi connectivity index (χ0) is 16.3. The topological polar surface area (TPSA) is 102 Å². The lowest BCUT2D eigenvalue weighted by molar-refractivity contribution is 0.0698. The number of aromatic carboxylic acids is 1. The molecule has 0 radical (unpaired) electrons. The summed E-state index contributed by atoms with van der Waals surface area (Å²) >= 11 is 11.5. The Balaban J connectivity index is 2.26. The number of carboxylic acid groups (broad SMARTS) is 1. The summed E-state index contributed by atoms with van der Waals surface area (Å²) in [6.07, 6.45) is 1.20. The molecule has 0 heterocycles. The van der Waals surface area contributed by atoms with E-state index in [0.29, 0.717) is 0 Å². The van der Waals surface area contributed by atoms with Crippen molar-refractivity contribution in [3.8, 4) is 11.5 Å². The number of phenols is 2. The highest BCUT2D eigenvalue weighted by molar-refractivity contribution is 6.38. The molecule has 8 heteroatoms. The van der Waals surface area contributed by atoms with Crippen LogP contribution in [-0.2, 0) is 0 Å². The first-order valence-corrected chi connectivity index (χ1v) is 6.68. The third-order valence-electron chi connectivity index (χ3n) is 2.74. The fourth-order valence-electron chi connectivity index (χ4n) is 1.65. The smallest absolute Gasteiger partial charge is 0.337 e. The molecule has 0 aromatic heterocycles. The van der Waals surface area contributed by atoms with Crippen LogP contribution >= 0.6 is 23.2 Å². The minimum absolute atomic E-state index is 0.0461. The average Bonchev–Trinajstić information content (AvgIpc) is 2.50. The number of phenolic OH excluding ortho intramolecular Hbond substituents is 2. The van der Waals surface area contributed by atoms with Gasteiger partial charge in [0.15, 0.2) is 5.75 Å². The number of carbonyl (C=O) groups is 1. The lowest BCUT2D eigenvalue weighted by Gasteiger charge is -2.07. The largest absolute Gasteiger partial charge is 0.506 e. The molecule has 0 bridgehead atoms. The molecule has 0 aliphatic carbocycles. The molecular formula is C14H10Cl2N2O4. The predicted molar refractivity (Wildman–Crippen MR) is 84.4 cm³/mol. The van der Waals surface area contributed by atoms with E-state index in [1.807, 2.05) is 0 Å². The van der Waals surface area contributed by atoms with Gasteiger partial charge in [0.05, 0.1) is 22.5 Å². The van der Waals surface area contributed by atoms with E-state index in [4.69, 9.17) is 28.3 Å². The molecule has 0 atom stereocenters. The summed E-state index contributed by atoms with van der Waals surface area (Å²) in [7, 11) is 0. The van der Waals surface area contributed by atoms with Crippen molar-refractivity contribution in [3.05, 3.63) is 51.5 Å². The van der Waals surface area contributed by atoms with Crippen molar-refractivity contribution >= 4 is 41.1 Å². The molecule has 0 amide bonds. The van der Waals surface area contributed by atoms with E-state index in [-0.39, 0.29) is 32.6 Å². The van der Waals surface area contributed by atoms with Gasteiger partial charge in [-0.3, -0.25) is 5.43 Å². The highest BCUT2D eigenvalue weighted by atomic mass is 35.5. The maximum Gasteiger partial charge on any atom is 0.337 e. The van der Waals surface area contributed by atoms with Crippen LogP contribution in [0.5, 0.6) is 11.5 Å². The number of hydrogen-bond acceptors (Lipinski definition) is 5. The van der Waals surface area contributed by atoms with Crippen LogP contribution in [0.4, 0.5) is 5.69 Å². The van der Waals surface area contributed by atoms with Gasteiger partial charge in [0.2, 0.25) is 0 Å². The molecule has 0 fully saturated rings. The highest BCUT2D eigenvalue weighted by Gasteiger charge is 2.13. The van der Waals surface area contributed by atoms with Crippen LogP contribution in [0.25, 0.3) is 0 Å². The van der Waals surface area contributed by atoms with E-state index >= 15 is 0 Å². The van der Waals surface area contributed by atoms with Crippen LogP contribution < -0.4 is 5.43 Å². The Morgan fingerprint density at radius 1 is 1.18 bits per heavy atom. The summed E-state index contributed by atoms with van der Waals surface area (Å²) in [5.74, 6) is -1.92. The number of para-hydroxylation sites is 1. The second-order valence-corrected chi connectivity index (χ2v) is 4.96. The summed E-state index contributed by atoms with van der Waals surface area (Å²) in [5.41, 5.74) is 3.04. The van der Waals surface area contributed by atoms with Crippen molar-refractivity contribution < 1.29 is 20.1 Å². The molecule has 22 heavy (non-hydrogen) atoms. The van der Waals surface area contributed by atoms with Crippen molar-refractivity contribution in [2.75, 3.05) is 5.43 Å². The first kappa shape index (κ1) is 15.9. The van der Waals surface area contributed by atoms with E-state index in [9.17, 15) is 15.0 Å². The van der Waals surface area contributed by atoms with Gasteiger partial charge in [0.1, 0.15) is 10.8 Å². The van der Waals surface area contributed by atoms with Crippen LogP contribution in [0.1, 0.15) is 15.9 Å². The van der Waals surface area contributed by atoms with Gasteiger partial charge in [-0.15, -0.1) is 0 Å². The van der Waals surface area contributed by atoms with E-state index in [1.54, 1.807) is 12.1 Å². The van der Waals surface area contributed by atoms with Crippen LogP contribution in [0.2, 0.25) is 10.0 Å². The number of hydrogen-bond donors (Lipinski definition) is 4. The maximum atomic E-state index is 11.0. The molecule has 0 spiro atoms. The number of halogens is 2. The molecule has 0 aliphatic heterocycles.